The summed E-state index contributed by atoms with van der Waals surface area (Å²) in [6.45, 7) is 5.03. The van der Waals surface area contributed by atoms with Crippen LogP contribution in [0.15, 0.2) is 65.9 Å². The zero-order chi connectivity index (χ0) is 20.1. The first-order chi connectivity index (χ1) is 13.5. The molecule has 1 heterocycles. The van der Waals surface area contributed by atoms with Crippen LogP contribution in [0.2, 0.25) is 5.02 Å². The molecule has 2 aromatic carbocycles. The van der Waals surface area contributed by atoms with Crippen LogP contribution < -0.4 is 5.32 Å². The van der Waals surface area contributed by atoms with Crippen LogP contribution in [0.5, 0.6) is 0 Å². The Labute approximate surface area is 171 Å². The third kappa shape index (κ3) is 4.82. The number of nitrogens with zero attached hydrogens (tertiary/aromatic N) is 1. The normalized spacial score (nSPS) is 14.5. The van der Waals surface area contributed by atoms with E-state index in [1.54, 1.807) is 24.3 Å². The highest BCUT2D eigenvalue weighted by Crippen LogP contribution is 2.29. The lowest BCUT2D eigenvalue weighted by molar-refractivity contribution is -0.128. The second-order valence-corrected chi connectivity index (χ2v) is 7.75. The zero-order valence-corrected chi connectivity index (χ0v) is 17.0. The number of rotatable bonds is 4. The molecule has 5 heteroatoms. The van der Waals surface area contributed by atoms with Gasteiger partial charge in [-0.2, -0.15) is 0 Å². The van der Waals surface area contributed by atoms with Gasteiger partial charge in [0.25, 0.3) is 11.8 Å². The summed E-state index contributed by atoms with van der Waals surface area (Å²) in [5.41, 5.74) is 2.97. The Hall–Kier alpha value is -2.59. The third-order valence-electron chi connectivity index (χ3n) is 5.11. The van der Waals surface area contributed by atoms with Gasteiger partial charge in [0, 0.05) is 23.7 Å². The van der Waals surface area contributed by atoms with E-state index in [-0.39, 0.29) is 11.8 Å². The SMILES string of the molecule is CC(C)=C(NC(=O)c1ccccc1)C(=O)N1CCC(c2ccc(Cl)cc2)CC1. The van der Waals surface area contributed by atoms with Gasteiger partial charge >= 0.3 is 0 Å². The minimum atomic E-state index is -0.263. The number of amides is 2. The van der Waals surface area contributed by atoms with Gasteiger partial charge in [-0.1, -0.05) is 41.9 Å². The molecular formula is C23H25ClN2O2. The quantitative estimate of drug-likeness (QED) is 0.757. The summed E-state index contributed by atoms with van der Waals surface area (Å²) >= 11 is 5.97. The number of carbonyl (C=O) groups excluding carboxylic acids is 2. The molecule has 0 radical (unpaired) electrons. The summed E-state index contributed by atoms with van der Waals surface area (Å²) < 4.78 is 0. The average molecular weight is 397 g/mol. The Morgan fingerprint density at radius 2 is 1.57 bits per heavy atom. The van der Waals surface area contributed by atoms with Crippen molar-refractivity contribution in [2.75, 3.05) is 13.1 Å². The Morgan fingerprint density at radius 1 is 0.964 bits per heavy atom. The molecule has 4 nitrogen and oxygen atoms in total. The molecule has 146 valence electrons. The average Bonchev–Trinajstić information content (AvgIpc) is 2.72. The van der Waals surface area contributed by atoms with Crippen LogP contribution >= 0.6 is 11.6 Å². The molecule has 1 aliphatic heterocycles. The molecule has 2 amide bonds. The highest BCUT2D eigenvalue weighted by atomic mass is 35.5. The lowest BCUT2D eigenvalue weighted by Crippen LogP contribution is -2.42. The van der Waals surface area contributed by atoms with E-state index in [1.807, 2.05) is 36.9 Å². The van der Waals surface area contributed by atoms with Gasteiger partial charge in [-0.3, -0.25) is 9.59 Å². The van der Waals surface area contributed by atoms with Gasteiger partial charge in [0.15, 0.2) is 0 Å². The molecule has 3 rings (SSSR count). The highest BCUT2D eigenvalue weighted by Gasteiger charge is 2.27. The molecule has 1 N–H and O–H groups in total. The number of hydrogen-bond donors (Lipinski definition) is 1. The Bertz CT molecular complexity index is 863. The van der Waals surface area contributed by atoms with Crippen molar-refractivity contribution in [3.63, 3.8) is 0 Å². The molecule has 1 aliphatic rings. The summed E-state index contributed by atoms with van der Waals surface area (Å²) in [5.74, 6) is 0.0513. The van der Waals surface area contributed by atoms with Gasteiger partial charge in [0.05, 0.1) is 0 Å². The molecule has 0 atom stereocenters. The maximum Gasteiger partial charge on any atom is 0.270 e. The van der Waals surface area contributed by atoms with Gasteiger partial charge in [-0.05, 0) is 68.0 Å². The Kier molecular flexibility index (Phi) is 6.53. The first-order valence-electron chi connectivity index (χ1n) is 9.54. The fourth-order valence-electron chi connectivity index (χ4n) is 3.48. The summed E-state index contributed by atoms with van der Waals surface area (Å²) in [6.07, 6.45) is 1.80. The van der Waals surface area contributed by atoms with Crippen molar-refractivity contribution in [3.05, 3.63) is 82.0 Å². The molecule has 1 fully saturated rings. The standard InChI is InChI=1S/C23H25ClN2O2/c1-16(2)21(25-22(27)19-6-4-3-5-7-19)23(28)26-14-12-18(13-15-26)17-8-10-20(24)11-9-17/h3-11,18H,12-15H2,1-2H3,(H,25,27). The number of piperidine rings is 1. The van der Waals surface area contributed by atoms with Crippen LogP contribution in [0.1, 0.15) is 48.5 Å². The lowest BCUT2D eigenvalue weighted by Gasteiger charge is -2.33. The van der Waals surface area contributed by atoms with Gasteiger partial charge in [0.2, 0.25) is 0 Å². The fraction of sp³-hybridized carbons (Fsp3) is 0.304. The molecule has 0 unspecified atom stereocenters. The van der Waals surface area contributed by atoms with Crippen LogP contribution in [0, 0.1) is 0 Å². The molecule has 0 aliphatic carbocycles. The van der Waals surface area contributed by atoms with E-state index in [4.69, 9.17) is 11.6 Å². The van der Waals surface area contributed by atoms with Crippen LogP contribution in [0.3, 0.4) is 0 Å². The Balaban J connectivity index is 1.64. The van der Waals surface area contributed by atoms with Gasteiger partial charge in [-0.25, -0.2) is 0 Å². The largest absolute Gasteiger partial charge is 0.337 e. The number of likely N-dealkylation sites (tertiary alicyclic amines) is 1. The fourth-order valence-corrected chi connectivity index (χ4v) is 3.60. The first kappa shape index (κ1) is 20.2. The molecule has 0 saturated carbocycles. The van der Waals surface area contributed by atoms with Gasteiger partial charge in [0.1, 0.15) is 5.70 Å². The number of allylic oxidation sites excluding steroid dienone is 1. The lowest BCUT2D eigenvalue weighted by atomic mass is 9.89. The Morgan fingerprint density at radius 3 is 2.14 bits per heavy atom. The molecule has 0 spiro atoms. The molecule has 2 aromatic rings. The third-order valence-corrected chi connectivity index (χ3v) is 5.36. The summed E-state index contributed by atoms with van der Waals surface area (Å²) in [7, 11) is 0. The summed E-state index contributed by atoms with van der Waals surface area (Å²) in [5, 5.41) is 3.55. The van der Waals surface area contributed by atoms with E-state index in [1.165, 1.54) is 5.56 Å². The number of nitrogens with one attached hydrogen (secondary N) is 1. The maximum absolute atomic E-state index is 13.0. The predicted molar refractivity (Wildman–Crippen MR) is 112 cm³/mol. The molecule has 0 bridgehead atoms. The second kappa shape index (κ2) is 9.07. The van der Waals surface area contributed by atoms with Crippen LogP contribution in [0.25, 0.3) is 0 Å². The number of hydrogen-bond acceptors (Lipinski definition) is 2. The second-order valence-electron chi connectivity index (χ2n) is 7.31. The van der Waals surface area contributed by atoms with Crippen molar-refractivity contribution in [3.8, 4) is 0 Å². The van der Waals surface area contributed by atoms with Crippen LogP contribution in [0.4, 0.5) is 0 Å². The molecule has 28 heavy (non-hydrogen) atoms. The van der Waals surface area contributed by atoms with Crippen molar-refractivity contribution < 1.29 is 9.59 Å². The van der Waals surface area contributed by atoms with E-state index < -0.39 is 0 Å². The molecule has 1 saturated heterocycles. The van der Waals surface area contributed by atoms with E-state index in [9.17, 15) is 9.59 Å². The topological polar surface area (TPSA) is 49.4 Å². The van der Waals surface area contributed by atoms with Crippen LogP contribution in [-0.2, 0) is 4.79 Å². The van der Waals surface area contributed by atoms with Crippen LogP contribution in [-0.4, -0.2) is 29.8 Å². The maximum atomic E-state index is 13.0. The smallest absolute Gasteiger partial charge is 0.270 e. The zero-order valence-electron chi connectivity index (χ0n) is 16.2. The van der Waals surface area contributed by atoms with Crippen molar-refractivity contribution in [1.29, 1.82) is 0 Å². The summed E-state index contributed by atoms with van der Waals surface area (Å²) in [4.78, 5) is 27.3. The van der Waals surface area contributed by atoms with Crippen molar-refractivity contribution >= 4 is 23.4 Å². The predicted octanol–water partition coefficient (Wildman–Crippen LogP) is 4.77. The minimum absolute atomic E-state index is 0.112. The van der Waals surface area contributed by atoms with Crippen molar-refractivity contribution in [2.45, 2.75) is 32.6 Å². The molecular weight excluding hydrogens is 372 g/mol. The summed E-state index contributed by atoms with van der Waals surface area (Å²) in [6, 6.07) is 16.9. The first-order valence-corrected chi connectivity index (χ1v) is 9.92. The number of carbonyl (C=O) groups is 2. The highest BCUT2D eigenvalue weighted by molar-refractivity contribution is 6.30. The monoisotopic (exact) mass is 396 g/mol. The number of benzene rings is 2. The van der Waals surface area contributed by atoms with Crippen molar-refractivity contribution in [1.82, 2.24) is 10.2 Å². The van der Waals surface area contributed by atoms with E-state index in [0.717, 1.165) is 23.4 Å². The van der Waals surface area contributed by atoms with Crippen molar-refractivity contribution in [2.24, 2.45) is 0 Å². The van der Waals surface area contributed by atoms with E-state index in [0.29, 0.717) is 30.3 Å². The van der Waals surface area contributed by atoms with Gasteiger partial charge in [-0.15, -0.1) is 0 Å². The number of halogens is 1. The van der Waals surface area contributed by atoms with E-state index >= 15 is 0 Å². The molecule has 0 aromatic heterocycles. The minimum Gasteiger partial charge on any atom is -0.337 e. The van der Waals surface area contributed by atoms with E-state index in [2.05, 4.69) is 17.4 Å². The van der Waals surface area contributed by atoms with Gasteiger partial charge < -0.3 is 10.2 Å².